The quantitative estimate of drug-likeness (QED) is 0.547. The molecule has 0 unspecified atom stereocenters. The minimum Gasteiger partial charge on any atom is -0.299 e. The van der Waals surface area contributed by atoms with Gasteiger partial charge in [0.15, 0.2) is 0 Å². The monoisotopic (exact) mass is 222 g/mol. The highest BCUT2D eigenvalue weighted by Gasteiger charge is 1.97. The van der Waals surface area contributed by atoms with E-state index in [2.05, 4.69) is 19.1 Å². The molecule has 0 heterocycles. The summed E-state index contributed by atoms with van der Waals surface area (Å²) in [6, 6.07) is 8.03. The maximum Gasteiger partial charge on any atom is 0.144 e. The van der Waals surface area contributed by atoms with Crippen LogP contribution in [-0.2, 0) is 11.2 Å². The fourth-order valence-corrected chi connectivity index (χ4v) is 1.54. The predicted molar refractivity (Wildman–Crippen MR) is 64.9 cm³/mol. The van der Waals surface area contributed by atoms with E-state index in [-0.39, 0.29) is 0 Å². The van der Waals surface area contributed by atoms with Gasteiger partial charge in [0.1, 0.15) is 6.29 Å². The van der Waals surface area contributed by atoms with Gasteiger partial charge in [-0.15, -0.1) is 0 Å². The Bertz CT molecular complexity index is 338. The molecule has 0 atom stereocenters. The van der Waals surface area contributed by atoms with E-state index in [4.69, 9.17) is 11.6 Å². The zero-order valence-corrected chi connectivity index (χ0v) is 9.63. The number of unbranched alkanes of at least 4 members (excludes halogenated alkanes) is 1. The van der Waals surface area contributed by atoms with E-state index in [1.807, 2.05) is 12.1 Å². The fourth-order valence-electron chi connectivity index (χ4n) is 1.37. The molecule has 0 saturated carbocycles. The van der Waals surface area contributed by atoms with Gasteiger partial charge in [-0.1, -0.05) is 49.2 Å². The molecule has 0 aliphatic heterocycles. The number of halogens is 1. The van der Waals surface area contributed by atoms with Gasteiger partial charge in [0.25, 0.3) is 0 Å². The van der Waals surface area contributed by atoms with E-state index >= 15 is 0 Å². The lowest BCUT2D eigenvalue weighted by Gasteiger charge is -2.02. The summed E-state index contributed by atoms with van der Waals surface area (Å²) in [5, 5.41) is 0.493. The van der Waals surface area contributed by atoms with Gasteiger partial charge in [-0.25, -0.2) is 0 Å². The maximum atomic E-state index is 10.2. The van der Waals surface area contributed by atoms with Gasteiger partial charge in [0.2, 0.25) is 0 Å². The maximum absolute atomic E-state index is 10.2. The molecule has 0 bridgehead atoms. The number of aryl methyl sites for hydroxylation is 1. The highest BCUT2D eigenvalue weighted by atomic mass is 35.5. The van der Waals surface area contributed by atoms with Gasteiger partial charge in [-0.05, 0) is 30.0 Å². The largest absolute Gasteiger partial charge is 0.299 e. The van der Waals surface area contributed by atoms with Crippen LogP contribution >= 0.6 is 11.6 Å². The number of benzene rings is 1. The van der Waals surface area contributed by atoms with E-state index in [1.54, 1.807) is 0 Å². The normalized spacial score (nSPS) is 11.5. The van der Waals surface area contributed by atoms with E-state index < -0.39 is 0 Å². The Hall–Kier alpha value is -1.08. The van der Waals surface area contributed by atoms with Crippen molar-refractivity contribution in [1.29, 1.82) is 0 Å². The Morgan fingerprint density at radius 2 is 2.00 bits per heavy atom. The molecule has 15 heavy (non-hydrogen) atoms. The summed E-state index contributed by atoms with van der Waals surface area (Å²) in [4.78, 5) is 10.2. The van der Waals surface area contributed by atoms with E-state index in [0.717, 1.165) is 12.0 Å². The molecule has 80 valence electrons. The van der Waals surface area contributed by atoms with Gasteiger partial charge in [0, 0.05) is 0 Å². The predicted octanol–water partition coefficient (Wildman–Crippen LogP) is 3.81. The molecular formula is C13H15ClO. The highest BCUT2D eigenvalue weighted by molar-refractivity contribution is 6.49. The van der Waals surface area contributed by atoms with Gasteiger partial charge >= 0.3 is 0 Å². The second-order valence-corrected chi connectivity index (χ2v) is 3.86. The summed E-state index contributed by atoms with van der Waals surface area (Å²) >= 11 is 5.89. The third-order valence-electron chi connectivity index (χ3n) is 2.26. The van der Waals surface area contributed by atoms with Gasteiger partial charge in [0.05, 0.1) is 5.03 Å². The molecule has 1 rings (SSSR count). The molecule has 0 amide bonds. The highest BCUT2D eigenvalue weighted by Crippen LogP contribution is 2.19. The van der Waals surface area contributed by atoms with Crippen LogP contribution in [0.3, 0.4) is 0 Å². The minimum absolute atomic E-state index is 0.493. The standard InChI is InChI=1S/C13H15ClO/c1-2-3-4-11-5-7-12(8-6-11)13(14)9-10-15/h5-10H,2-4H2,1H3. The summed E-state index contributed by atoms with van der Waals surface area (Å²) < 4.78 is 0. The zero-order chi connectivity index (χ0) is 11.1. The fraction of sp³-hybridized carbons (Fsp3) is 0.308. The molecule has 0 aliphatic carbocycles. The second-order valence-electron chi connectivity index (χ2n) is 3.45. The van der Waals surface area contributed by atoms with Crippen molar-refractivity contribution in [3.8, 4) is 0 Å². The Kier molecular flexibility index (Phi) is 5.13. The molecule has 2 heteroatoms. The molecule has 0 aliphatic rings. The van der Waals surface area contributed by atoms with Crippen LogP contribution in [-0.4, -0.2) is 6.29 Å². The summed E-state index contributed by atoms with van der Waals surface area (Å²) in [6.45, 7) is 2.18. The number of allylic oxidation sites excluding steroid dienone is 1. The third-order valence-corrected chi connectivity index (χ3v) is 2.61. The topological polar surface area (TPSA) is 17.1 Å². The molecule has 0 fully saturated rings. The molecule has 0 spiro atoms. The number of carbonyl (C=O) groups is 1. The van der Waals surface area contributed by atoms with Crippen LogP contribution in [0.15, 0.2) is 30.3 Å². The molecular weight excluding hydrogens is 208 g/mol. The van der Waals surface area contributed by atoms with Crippen molar-refractivity contribution in [3.05, 3.63) is 41.5 Å². The Morgan fingerprint density at radius 1 is 1.33 bits per heavy atom. The Morgan fingerprint density at radius 3 is 2.53 bits per heavy atom. The van der Waals surface area contributed by atoms with Crippen LogP contribution in [0.4, 0.5) is 0 Å². The zero-order valence-electron chi connectivity index (χ0n) is 8.87. The molecule has 1 aromatic carbocycles. The van der Waals surface area contributed by atoms with Crippen molar-refractivity contribution in [1.82, 2.24) is 0 Å². The number of rotatable bonds is 5. The van der Waals surface area contributed by atoms with Crippen molar-refractivity contribution < 1.29 is 4.79 Å². The number of aldehydes is 1. The van der Waals surface area contributed by atoms with Crippen molar-refractivity contribution >= 4 is 22.9 Å². The van der Waals surface area contributed by atoms with Crippen LogP contribution in [0.2, 0.25) is 0 Å². The first-order chi connectivity index (χ1) is 7.27. The molecule has 0 radical (unpaired) electrons. The second kappa shape index (κ2) is 6.41. The van der Waals surface area contributed by atoms with E-state index in [1.165, 1.54) is 24.5 Å². The average molecular weight is 223 g/mol. The summed E-state index contributed by atoms with van der Waals surface area (Å²) in [6.07, 6.45) is 5.58. The molecule has 0 aromatic heterocycles. The van der Waals surface area contributed by atoms with Crippen molar-refractivity contribution in [2.75, 3.05) is 0 Å². The van der Waals surface area contributed by atoms with Crippen molar-refractivity contribution in [2.45, 2.75) is 26.2 Å². The first-order valence-electron chi connectivity index (χ1n) is 5.18. The first-order valence-corrected chi connectivity index (χ1v) is 5.56. The lowest BCUT2D eigenvalue weighted by molar-refractivity contribution is -0.104. The molecule has 0 saturated heterocycles. The lowest BCUT2D eigenvalue weighted by Crippen LogP contribution is -1.85. The smallest absolute Gasteiger partial charge is 0.144 e. The molecule has 1 aromatic rings. The van der Waals surface area contributed by atoms with Crippen LogP contribution < -0.4 is 0 Å². The van der Waals surface area contributed by atoms with Gasteiger partial charge in [-0.3, -0.25) is 4.79 Å². The third kappa shape index (κ3) is 3.88. The average Bonchev–Trinajstić information content (AvgIpc) is 2.27. The van der Waals surface area contributed by atoms with Gasteiger partial charge < -0.3 is 0 Å². The van der Waals surface area contributed by atoms with Crippen LogP contribution in [0.5, 0.6) is 0 Å². The van der Waals surface area contributed by atoms with Crippen LogP contribution in [0, 0.1) is 0 Å². The summed E-state index contributed by atoms with van der Waals surface area (Å²) in [7, 11) is 0. The summed E-state index contributed by atoms with van der Waals surface area (Å²) in [5.74, 6) is 0. The number of carbonyl (C=O) groups excluding carboxylic acids is 1. The minimum atomic E-state index is 0.493. The van der Waals surface area contributed by atoms with Crippen LogP contribution in [0.1, 0.15) is 30.9 Å². The number of hydrogen-bond donors (Lipinski definition) is 0. The Labute approximate surface area is 95.8 Å². The number of hydrogen-bond acceptors (Lipinski definition) is 1. The van der Waals surface area contributed by atoms with Crippen molar-refractivity contribution in [2.24, 2.45) is 0 Å². The van der Waals surface area contributed by atoms with Crippen molar-refractivity contribution in [3.63, 3.8) is 0 Å². The SMILES string of the molecule is CCCCc1ccc(C(Cl)=CC=O)cc1. The van der Waals surface area contributed by atoms with E-state index in [9.17, 15) is 4.79 Å². The Balaban J connectivity index is 2.71. The lowest BCUT2D eigenvalue weighted by atomic mass is 10.1. The van der Waals surface area contributed by atoms with Crippen LogP contribution in [0.25, 0.3) is 5.03 Å². The summed E-state index contributed by atoms with van der Waals surface area (Å²) in [5.41, 5.74) is 2.21. The first kappa shape index (κ1) is 12.0. The molecule has 0 N–H and O–H groups in total. The molecule has 1 nitrogen and oxygen atoms in total. The van der Waals surface area contributed by atoms with Gasteiger partial charge in [-0.2, -0.15) is 0 Å². The van der Waals surface area contributed by atoms with E-state index in [0.29, 0.717) is 11.3 Å².